The van der Waals surface area contributed by atoms with E-state index in [1.165, 1.54) is 71.3 Å². The van der Waals surface area contributed by atoms with Gasteiger partial charge in [0.05, 0.1) is 11.0 Å². The van der Waals surface area contributed by atoms with Crippen molar-refractivity contribution in [1.29, 1.82) is 0 Å². The van der Waals surface area contributed by atoms with Gasteiger partial charge in [-0.2, -0.15) is 0 Å². The van der Waals surface area contributed by atoms with E-state index in [2.05, 4.69) is 152 Å². The third kappa shape index (κ3) is 3.41. The van der Waals surface area contributed by atoms with E-state index in [9.17, 15) is 0 Å². The molecule has 0 saturated carbocycles. The fourth-order valence-electron chi connectivity index (χ4n) is 7.32. The van der Waals surface area contributed by atoms with Crippen molar-refractivity contribution in [2.75, 3.05) is 0 Å². The lowest BCUT2D eigenvalue weighted by Crippen LogP contribution is -2.24. The van der Waals surface area contributed by atoms with Crippen LogP contribution in [-0.2, 0) is 5.41 Å². The molecule has 0 spiro atoms. The Hall–Kier alpha value is -5.34. The van der Waals surface area contributed by atoms with Crippen molar-refractivity contribution in [1.82, 2.24) is 4.57 Å². The fourth-order valence-corrected chi connectivity index (χ4v) is 7.32. The van der Waals surface area contributed by atoms with E-state index in [-0.39, 0.29) is 5.41 Å². The summed E-state index contributed by atoms with van der Waals surface area (Å²) in [5, 5.41) is 7.55. The van der Waals surface area contributed by atoms with Crippen molar-refractivity contribution < 1.29 is 4.74 Å². The second-order valence-electron chi connectivity index (χ2n) is 12.2. The Morgan fingerprint density at radius 3 is 2.02 bits per heavy atom. The Labute approximate surface area is 250 Å². The van der Waals surface area contributed by atoms with Gasteiger partial charge in [-0.05, 0) is 52.2 Å². The molecule has 0 N–H and O–H groups in total. The normalized spacial score (nSPS) is 13.7. The van der Waals surface area contributed by atoms with Crippen molar-refractivity contribution >= 4 is 43.4 Å². The van der Waals surface area contributed by atoms with Gasteiger partial charge in [-0.15, -0.1) is 0 Å². The first kappa shape index (κ1) is 24.3. The van der Waals surface area contributed by atoms with Gasteiger partial charge < -0.3 is 9.30 Å². The van der Waals surface area contributed by atoms with Gasteiger partial charge in [-0.3, -0.25) is 0 Å². The number of fused-ring (bicyclic) bond motifs is 9. The summed E-state index contributed by atoms with van der Waals surface area (Å²) < 4.78 is 8.85. The third-order valence-corrected chi connectivity index (χ3v) is 9.43. The second kappa shape index (κ2) is 8.83. The van der Waals surface area contributed by atoms with Crippen molar-refractivity contribution in [3.63, 3.8) is 0 Å². The molecule has 0 saturated heterocycles. The van der Waals surface area contributed by atoms with Crippen molar-refractivity contribution in [3.05, 3.63) is 151 Å². The number of hydrogen-bond acceptors (Lipinski definition) is 1. The minimum atomic E-state index is -0.168. The van der Waals surface area contributed by atoms with E-state index in [4.69, 9.17) is 4.74 Å². The molecule has 0 radical (unpaired) electrons. The molecule has 7 aromatic carbocycles. The lowest BCUT2D eigenvalue weighted by Gasteiger charge is -2.34. The Bertz CT molecular complexity index is 2390. The summed E-state index contributed by atoms with van der Waals surface area (Å²) in [6.45, 7) is 4.60. The van der Waals surface area contributed by atoms with E-state index in [1.807, 2.05) is 6.07 Å². The highest BCUT2D eigenvalue weighted by molar-refractivity contribution is 6.24. The Morgan fingerprint density at radius 2 is 1.14 bits per heavy atom. The summed E-state index contributed by atoms with van der Waals surface area (Å²) in [5.41, 5.74) is 8.36. The van der Waals surface area contributed by atoms with Crippen molar-refractivity contribution in [3.8, 4) is 28.3 Å². The van der Waals surface area contributed by atoms with Crippen LogP contribution >= 0.6 is 0 Å². The Kier molecular flexibility index (Phi) is 4.99. The first-order valence-electron chi connectivity index (χ1n) is 14.9. The molecule has 1 aromatic heterocycles. The first-order chi connectivity index (χ1) is 21.1. The SMILES string of the molecule is CC1(C)c2ccccc2Oc2ccc(-c3cccc4c3ccc3c5ccc6ccccc6c5n(-c5ccccc5)c43)cc21. The van der Waals surface area contributed by atoms with E-state index >= 15 is 0 Å². The number of aromatic nitrogens is 1. The van der Waals surface area contributed by atoms with Crippen LogP contribution in [0.5, 0.6) is 11.5 Å². The summed E-state index contributed by atoms with van der Waals surface area (Å²) in [6, 6.07) is 50.5. The summed E-state index contributed by atoms with van der Waals surface area (Å²) >= 11 is 0. The minimum Gasteiger partial charge on any atom is -0.457 e. The molecule has 2 heterocycles. The maximum atomic E-state index is 6.38. The molecule has 9 rings (SSSR count). The molecule has 0 unspecified atom stereocenters. The van der Waals surface area contributed by atoms with E-state index in [0.29, 0.717) is 0 Å². The van der Waals surface area contributed by atoms with E-state index in [1.54, 1.807) is 0 Å². The Morgan fingerprint density at radius 1 is 0.488 bits per heavy atom. The van der Waals surface area contributed by atoms with Gasteiger partial charge in [-0.25, -0.2) is 0 Å². The molecule has 204 valence electrons. The molecule has 2 nitrogen and oxygen atoms in total. The van der Waals surface area contributed by atoms with Gasteiger partial charge in [0, 0.05) is 43.8 Å². The monoisotopic (exact) mass is 551 g/mol. The molecule has 43 heavy (non-hydrogen) atoms. The smallest absolute Gasteiger partial charge is 0.131 e. The minimum absolute atomic E-state index is 0.168. The zero-order chi connectivity index (χ0) is 28.7. The largest absolute Gasteiger partial charge is 0.457 e. The van der Waals surface area contributed by atoms with Gasteiger partial charge in [0.15, 0.2) is 0 Å². The van der Waals surface area contributed by atoms with E-state index in [0.717, 1.165) is 11.5 Å². The molecule has 2 heteroatoms. The predicted molar refractivity (Wildman–Crippen MR) is 180 cm³/mol. The van der Waals surface area contributed by atoms with Gasteiger partial charge in [0.25, 0.3) is 0 Å². The number of benzene rings is 7. The number of para-hydroxylation sites is 2. The lowest BCUT2D eigenvalue weighted by molar-refractivity contribution is 0.418. The summed E-state index contributed by atoms with van der Waals surface area (Å²) in [6.07, 6.45) is 0. The van der Waals surface area contributed by atoms with Crippen LogP contribution in [0.3, 0.4) is 0 Å². The van der Waals surface area contributed by atoms with Crippen LogP contribution in [0.2, 0.25) is 0 Å². The van der Waals surface area contributed by atoms with Crippen LogP contribution < -0.4 is 4.74 Å². The van der Waals surface area contributed by atoms with Crippen LogP contribution in [0.15, 0.2) is 140 Å². The van der Waals surface area contributed by atoms with Crippen LogP contribution in [0.25, 0.3) is 60.2 Å². The molecule has 0 bridgehead atoms. The van der Waals surface area contributed by atoms with Gasteiger partial charge in [0.1, 0.15) is 11.5 Å². The molecule has 0 atom stereocenters. The van der Waals surface area contributed by atoms with Gasteiger partial charge >= 0.3 is 0 Å². The van der Waals surface area contributed by atoms with Gasteiger partial charge in [-0.1, -0.05) is 123 Å². The highest BCUT2D eigenvalue weighted by Gasteiger charge is 2.34. The maximum Gasteiger partial charge on any atom is 0.131 e. The van der Waals surface area contributed by atoms with Crippen LogP contribution in [-0.4, -0.2) is 4.57 Å². The highest BCUT2D eigenvalue weighted by Crippen LogP contribution is 2.49. The molecular formula is C41H29NO. The highest BCUT2D eigenvalue weighted by atomic mass is 16.5. The van der Waals surface area contributed by atoms with Crippen molar-refractivity contribution in [2.24, 2.45) is 0 Å². The second-order valence-corrected chi connectivity index (χ2v) is 12.2. The topological polar surface area (TPSA) is 14.2 Å². The number of rotatable bonds is 2. The molecule has 0 fully saturated rings. The molecule has 8 aromatic rings. The van der Waals surface area contributed by atoms with Crippen molar-refractivity contribution in [2.45, 2.75) is 19.3 Å². The number of hydrogen-bond donors (Lipinski definition) is 0. The molecule has 1 aliphatic heterocycles. The standard InChI is InChI=1S/C41H29NO/c1-41(2)35-17-8-9-18-37(35)43-38-24-20-27(25-36(38)41)29-15-10-16-32-31(29)22-23-34-33-21-19-26-11-6-7-14-30(26)39(33)42(40(32)34)28-12-4-3-5-13-28/h3-25H,1-2H3. The van der Waals surface area contributed by atoms with Crippen LogP contribution in [0.1, 0.15) is 25.0 Å². The molecule has 0 amide bonds. The Balaban J connectivity index is 1.34. The predicted octanol–water partition coefficient (Wildman–Crippen LogP) is 11.2. The number of ether oxygens (including phenoxy) is 1. The molecule has 1 aliphatic rings. The zero-order valence-electron chi connectivity index (χ0n) is 24.1. The third-order valence-electron chi connectivity index (χ3n) is 9.43. The maximum absolute atomic E-state index is 6.38. The summed E-state index contributed by atoms with van der Waals surface area (Å²) in [4.78, 5) is 0. The first-order valence-corrected chi connectivity index (χ1v) is 14.9. The average Bonchev–Trinajstić information content (AvgIpc) is 3.40. The zero-order valence-corrected chi connectivity index (χ0v) is 24.1. The quantitative estimate of drug-likeness (QED) is 0.208. The molecular weight excluding hydrogens is 522 g/mol. The van der Waals surface area contributed by atoms with Crippen LogP contribution in [0.4, 0.5) is 0 Å². The van der Waals surface area contributed by atoms with E-state index < -0.39 is 0 Å². The average molecular weight is 552 g/mol. The molecule has 0 aliphatic carbocycles. The lowest BCUT2D eigenvalue weighted by atomic mass is 9.75. The van der Waals surface area contributed by atoms with Gasteiger partial charge in [0.2, 0.25) is 0 Å². The summed E-state index contributed by atoms with van der Waals surface area (Å²) in [5.74, 6) is 1.88. The summed E-state index contributed by atoms with van der Waals surface area (Å²) in [7, 11) is 0. The fraction of sp³-hybridized carbons (Fsp3) is 0.0732. The number of nitrogens with zero attached hydrogens (tertiary/aromatic N) is 1. The van der Waals surface area contributed by atoms with Crippen LogP contribution in [0, 0.1) is 0 Å².